The maximum Gasteiger partial charge on any atom is 0.306 e. The Morgan fingerprint density at radius 2 is 2.00 bits per heavy atom. The van der Waals surface area contributed by atoms with E-state index in [9.17, 15) is 4.79 Å². The lowest BCUT2D eigenvalue weighted by molar-refractivity contribution is -0.143. The van der Waals surface area contributed by atoms with Crippen LogP contribution in [0.1, 0.15) is 32.6 Å². The minimum atomic E-state index is -0.664. The minimum absolute atomic E-state index is 0.153. The van der Waals surface area contributed by atoms with Crippen molar-refractivity contribution in [2.45, 2.75) is 38.7 Å². The van der Waals surface area contributed by atoms with Crippen molar-refractivity contribution in [3.8, 4) is 0 Å². The van der Waals surface area contributed by atoms with E-state index in [2.05, 4.69) is 6.58 Å². The Hall–Kier alpha value is -0.830. The fraction of sp³-hybridized carbons (Fsp3) is 0.727. The molecule has 80 valence electrons. The summed E-state index contributed by atoms with van der Waals surface area (Å²) in [6.07, 6.45) is 3.46. The number of ether oxygens (including phenoxy) is 1. The fourth-order valence-corrected chi connectivity index (χ4v) is 1.74. The van der Waals surface area contributed by atoms with Crippen LogP contribution in [0, 0.1) is 5.92 Å². The van der Waals surface area contributed by atoms with Gasteiger partial charge in [0, 0.05) is 0 Å². The molecular weight excluding hydrogens is 180 g/mol. The van der Waals surface area contributed by atoms with Gasteiger partial charge in [-0.25, -0.2) is 0 Å². The van der Waals surface area contributed by atoms with Crippen molar-refractivity contribution in [3.05, 3.63) is 12.2 Å². The average Bonchev–Trinajstić information content (AvgIpc) is 2.15. The van der Waals surface area contributed by atoms with Crippen molar-refractivity contribution in [2.75, 3.05) is 6.61 Å². The molecule has 0 radical (unpaired) electrons. The number of carboxylic acid groups (broad SMARTS) is 1. The number of carbonyl (C=O) groups is 1. The second-order valence-corrected chi connectivity index (χ2v) is 4.08. The maximum absolute atomic E-state index is 10.7. The Labute approximate surface area is 84.8 Å². The standard InChI is InChI=1S/C11H18O3/c1-8(2)7-14-10-5-3-9(4-6-10)11(12)13/h9-10H,1,3-7H2,2H3,(H,12,13). The zero-order valence-electron chi connectivity index (χ0n) is 8.66. The van der Waals surface area contributed by atoms with Crippen LogP contribution >= 0.6 is 0 Å². The Balaban J connectivity index is 2.22. The summed E-state index contributed by atoms with van der Waals surface area (Å²) in [7, 11) is 0. The van der Waals surface area contributed by atoms with Gasteiger partial charge < -0.3 is 9.84 Å². The van der Waals surface area contributed by atoms with Gasteiger partial charge in [0.2, 0.25) is 0 Å². The fourth-order valence-electron chi connectivity index (χ4n) is 1.74. The van der Waals surface area contributed by atoms with Gasteiger partial charge in [0.05, 0.1) is 18.6 Å². The summed E-state index contributed by atoms with van der Waals surface area (Å²) in [6.45, 7) is 6.30. The Morgan fingerprint density at radius 1 is 1.43 bits per heavy atom. The molecule has 1 rings (SSSR count). The number of hydrogen-bond acceptors (Lipinski definition) is 2. The highest BCUT2D eigenvalue weighted by molar-refractivity contribution is 5.70. The van der Waals surface area contributed by atoms with E-state index < -0.39 is 5.97 Å². The van der Waals surface area contributed by atoms with Crippen LogP contribution in [0.2, 0.25) is 0 Å². The van der Waals surface area contributed by atoms with Crippen molar-refractivity contribution in [3.63, 3.8) is 0 Å². The molecule has 0 aromatic heterocycles. The highest BCUT2D eigenvalue weighted by atomic mass is 16.5. The molecule has 0 atom stereocenters. The lowest BCUT2D eigenvalue weighted by Crippen LogP contribution is -2.26. The first-order valence-corrected chi connectivity index (χ1v) is 5.08. The Kier molecular flexibility index (Phi) is 4.14. The van der Waals surface area contributed by atoms with E-state index in [1.54, 1.807) is 0 Å². The van der Waals surface area contributed by atoms with Gasteiger partial charge in [-0.3, -0.25) is 4.79 Å². The zero-order chi connectivity index (χ0) is 10.6. The van der Waals surface area contributed by atoms with Gasteiger partial charge in [-0.15, -0.1) is 0 Å². The number of rotatable bonds is 4. The molecule has 1 N–H and O–H groups in total. The summed E-state index contributed by atoms with van der Waals surface area (Å²) in [5.74, 6) is -0.817. The largest absolute Gasteiger partial charge is 0.481 e. The quantitative estimate of drug-likeness (QED) is 0.704. The first kappa shape index (κ1) is 11.2. The van der Waals surface area contributed by atoms with Gasteiger partial charge in [0.1, 0.15) is 0 Å². The lowest BCUT2D eigenvalue weighted by Gasteiger charge is -2.26. The zero-order valence-corrected chi connectivity index (χ0v) is 8.66. The van der Waals surface area contributed by atoms with E-state index in [1.165, 1.54) is 0 Å². The molecule has 1 fully saturated rings. The van der Waals surface area contributed by atoms with Crippen LogP contribution in [0.15, 0.2) is 12.2 Å². The summed E-state index contributed by atoms with van der Waals surface area (Å²) in [5, 5.41) is 8.79. The van der Waals surface area contributed by atoms with Gasteiger partial charge in [0.25, 0.3) is 0 Å². The van der Waals surface area contributed by atoms with E-state index in [-0.39, 0.29) is 12.0 Å². The molecule has 0 aromatic carbocycles. The van der Waals surface area contributed by atoms with Crippen LogP contribution in [-0.2, 0) is 9.53 Å². The molecule has 0 aliphatic heterocycles. The van der Waals surface area contributed by atoms with E-state index in [4.69, 9.17) is 9.84 Å². The lowest BCUT2D eigenvalue weighted by atomic mass is 9.87. The smallest absolute Gasteiger partial charge is 0.306 e. The molecule has 0 saturated heterocycles. The molecule has 1 saturated carbocycles. The van der Waals surface area contributed by atoms with Crippen LogP contribution in [0.3, 0.4) is 0 Å². The molecule has 0 aromatic rings. The third kappa shape index (κ3) is 3.50. The molecule has 1 aliphatic carbocycles. The van der Waals surface area contributed by atoms with Crippen LogP contribution in [0.4, 0.5) is 0 Å². The van der Waals surface area contributed by atoms with Crippen molar-refractivity contribution in [2.24, 2.45) is 5.92 Å². The van der Waals surface area contributed by atoms with E-state index >= 15 is 0 Å². The van der Waals surface area contributed by atoms with Crippen molar-refractivity contribution >= 4 is 5.97 Å². The number of aliphatic carboxylic acids is 1. The first-order chi connectivity index (χ1) is 6.59. The molecule has 0 heterocycles. The highest BCUT2D eigenvalue weighted by Crippen LogP contribution is 2.26. The van der Waals surface area contributed by atoms with Crippen molar-refractivity contribution in [1.29, 1.82) is 0 Å². The topological polar surface area (TPSA) is 46.5 Å². The molecule has 3 heteroatoms. The molecule has 3 nitrogen and oxygen atoms in total. The molecule has 0 bridgehead atoms. The monoisotopic (exact) mass is 198 g/mol. The van der Waals surface area contributed by atoms with Crippen molar-refractivity contribution in [1.82, 2.24) is 0 Å². The Morgan fingerprint density at radius 3 is 2.43 bits per heavy atom. The SMILES string of the molecule is C=C(C)COC1CCC(C(=O)O)CC1. The summed E-state index contributed by atoms with van der Waals surface area (Å²) in [4.78, 5) is 10.7. The second kappa shape index (κ2) is 5.15. The van der Waals surface area contributed by atoms with Crippen LogP contribution in [0.5, 0.6) is 0 Å². The van der Waals surface area contributed by atoms with Gasteiger partial charge in [-0.2, -0.15) is 0 Å². The first-order valence-electron chi connectivity index (χ1n) is 5.08. The molecule has 0 spiro atoms. The summed E-state index contributed by atoms with van der Waals surface area (Å²) in [6, 6.07) is 0. The summed E-state index contributed by atoms with van der Waals surface area (Å²) >= 11 is 0. The number of hydrogen-bond donors (Lipinski definition) is 1. The molecule has 14 heavy (non-hydrogen) atoms. The van der Waals surface area contributed by atoms with Gasteiger partial charge in [-0.1, -0.05) is 12.2 Å². The summed E-state index contributed by atoms with van der Waals surface area (Å²) < 4.78 is 5.58. The Bertz CT molecular complexity index is 215. The molecular formula is C11H18O3. The van der Waals surface area contributed by atoms with Gasteiger partial charge >= 0.3 is 5.97 Å². The predicted octanol–water partition coefficient (Wildman–Crippen LogP) is 2.22. The van der Waals surface area contributed by atoms with E-state index in [0.29, 0.717) is 6.61 Å². The predicted molar refractivity (Wildman–Crippen MR) is 54.1 cm³/mol. The number of carboxylic acids is 1. The summed E-state index contributed by atoms with van der Waals surface area (Å²) in [5.41, 5.74) is 1.02. The molecule has 0 amide bonds. The molecule has 0 unspecified atom stereocenters. The van der Waals surface area contributed by atoms with Crippen molar-refractivity contribution < 1.29 is 14.6 Å². The van der Waals surface area contributed by atoms with Crippen LogP contribution in [-0.4, -0.2) is 23.8 Å². The second-order valence-electron chi connectivity index (χ2n) is 4.08. The minimum Gasteiger partial charge on any atom is -0.481 e. The van der Waals surface area contributed by atoms with Crippen LogP contribution in [0.25, 0.3) is 0 Å². The van der Waals surface area contributed by atoms with Gasteiger partial charge in [-0.05, 0) is 32.6 Å². The van der Waals surface area contributed by atoms with E-state index in [0.717, 1.165) is 31.3 Å². The van der Waals surface area contributed by atoms with E-state index in [1.807, 2.05) is 6.92 Å². The van der Waals surface area contributed by atoms with Gasteiger partial charge in [0.15, 0.2) is 0 Å². The molecule has 1 aliphatic rings. The van der Waals surface area contributed by atoms with Crippen LogP contribution < -0.4 is 0 Å². The average molecular weight is 198 g/mol. The third-order valence-electron chi connectivity index (χ3n) is 2.59. The normalized spacial score (nSPS) is 27.2. The maximum atomic E-state index is 10.7. The third-order valence-corrected chi connectivity index (χ3v) is 2.59. The highest BCUT2D eigenvalue weighted by Gasteiger charge is 2.25.